The fourth-order valence-electron chi connectivity index (χ4n) is 3.71. The number of rotatable bonds is 5. The molecule has 1 aliphatic rings. The van der Waals surface area contributed by atoms with E-state index in [1.165, 1.54) is 6.33 Å². The first-order chi connectivity index (χ1) is 14.8. The Hall–Kier alpha value is -3.82. The fraction of sp³-hybridized carbons (Fsp3) is 0.300. The summed E-state index contributed by atoms with van der Waals surface area (Å²) in [6.07, 6.45) is 4.83. The predicted molar refractivity (Wildman–Crippen MR) is 108 cm³/mol. The lowest BCUT2D eigenvalue weighted by Gasteiger charge is -2.32. The summed E-state index contributed by atoms with van der Waals surface area (Å²) in [5, 5.41) is 6.90. The number of hydrogen-bond donors (Lipinski definition) is 2. The van der Waals surface area contributed by atoms with Crippen molar-refractivity contribution in [2.45, 2.75) is 19.4 Å². The van der Waals surface area contributed by atoms with E-state index >= 15 is 0 Å². The monoisotopic (exact) mass is 404 g/mol. The van der Waals surface area contributed by atoms with E-state index in [-0.39, 0.29) is 18.4 Å². The molecule has 4 heterocycles. The molecule has 1 aliphatic heterocycles. The Morgan fingerprint density at radius 2 is 2.13 bits per heavy atom. The molecule has 0 saturated carbocycles. The molecule has 1 saturated heterocycles. The number of amides is 1. The maximum absolute atomic E-state index is 12.8. The third-order valence-corrected chi connectivity index (χ3v) is 5.20. The second kappa shape index (κ2) is 7.90. The summed E-state index contributed by atoms with van der Waals surface area (Å²) in [6.45, 7) is 1.64. The number of carbonyl (C=O) groups is 1. The van der Waals surface area contributed by atoms with Crippen LogP contribution in [0.5, 0.6) is 0 Å². The third kappa shape index (κ3) is 3.59. The van der Waals surface area contributed by atoms with Crippen LogP contribution in [0.2, 0.25) is 0 Å². The van der Waals surface area contributed by atoms with Crippen LogP contribution < -0.4 is 10.2 Å². The van der Waals surface area contributed by atoms with Crippen LogP contribution in [0.25, 0.3) is 22.6 Å². The minimum Gasteiger partial charge on any atom is -0.354 e. The zero-order chi connectivity index (χ0) is 20.3. The van der Waals surface area contributed by atoms with E-state index in [1.54, 1.807) is 6.33 Å². The minimum atomic E-state index is -0.146. The van der Waals surface area contributed by atoms with Gasteiger partial charge in [-0.25, -0.2) is 15.0 Å². The molecule has 0 aliphatic carbocycles. The van der Waals surface area contributed by atoms with Gasteiger partial charge in [0.2, 0.25) is 5.91 Å². The summed E-state index contributed by atoms with van der Waals surface area (Å²) < 4.78 is 5.29. The van der Waals surface area contributed by atoms with Crippen LogP contribution in [0, 0.1) is 5.92 Å². The summed E-state index contributed by atoms with van der Waals surface area (Å²) in [4.78, 5) is 35.1. The molecule has 10 heteroatoms. The Morgan fingerprint density at radius 3 is 3.03 bits per heavy atom. The van der Waals surface area contributed by atoms with Crippen molar-refractivity contribution in [3.8, 4) is 11.5 Å². The number of benzene rings is 1. The number of nitrogens with zero attached hydrogens (tertiary/aromatic N) is 6. The topological polar surface area (TPSA) is 126 Å². The standard InChI is InChI=1S/C20H20N8O2/c29-19(21-9-15-26-20(30-27-15)13-5-2-1-3-6-13)14-7-4-8-28(10-14)18-16-17(23-11-22-16)24-12-25-18/h1-3,5-6,11-12,14H,4,7-10H2,(H,21,29)(H,22,23,24,25)/t14-/m0/s1. The molecule has 152 valence electrons. The lowest BCUT2D eigenvalue weighted by molar-refractivity contribution is -0.125. The molecule has 1 fully saturated rings. The first kappa shape index (κ1) is 18.2. The van der Waals surface area contributed by atoms with Crippen molar-refractivity contribution >= 4 is 22.9 Å². The van der Waals surface area contributed by atoms with Crippen molar-refractivity contribution in [3.63, 3.8) is 0 Å². The van der Waals surface area contributed by atoms with Crippen molar-refractivity contribution in [3.05, 3.63) is 48.8 Å². The fourth-order valence-corrected chi connectivity index (χ4v) is 3.71. The third-order valence-electron chi connectivity index (χ3n) is 5.20. The van der Waals surface area contributed by atoms with E-state index in [4.69, 9.17) is 4.52 Å². The Bertz CT molecular complexity index is 1160. The Balaban J connectivity index is 1.22. The first-order valence-corrected chi connectivity index (χ1v) is 9.82. The van der Waals surface area contributed by atoms with E-state index in [9.17, 15) is 4.79 Å². The molecule has 0 radical (unpaired) electrons. The highest BCUT2D eigenvalue weighted by atomic mass is 16.5. The second-order valence-corrected chi connectivity index (χ2v) is 7.18. The van der Waals surface area contributed by atoms with Gasteiger partial charge in [0, 0.05) is 18.7 Å². The predicted octanol–water partition coefficient (Wildman–Crippen LogP) is 1.94. The van der Waals surface area contributed by atoms with Gasteiger partial charge in [-0.15, -0.1) is 0 Å². The zero-order valence-corrected chi connectivity index (χ0v) is 16.2. The van der Waals surface area contributed by atoms with Gasteiger partial charge < -0.3 is 19.7 Å². The molecule has 30 heavy (non-hydrogen) atoms. The van der Waals surface area contributed by atoms with E-state index in [0.29, 0.717) is 23.9 Å². The summed E-state index contributed by atoms with van der Waals surface area (Å²) in [5.41, 5.74) is 2.26. The molecular formula is C20H20N8O2. The van der Waals surface area contributed by atoms with E-state index in [0.717, 1.165) is 36.3 Å². The van der Waals surface area contributed by atoms with Crippen LogP contribution in [0.4, 0.5) is 5.82 Å². The van der Waals surface area contributed by atoms with Gasteiger partial charge in [0.25, 0.3) is 5.89 Å². The molecule has 10 nitrogen and oxygen atoms in total. The van der Waals surface area contributed by atoms with Crippen molar-refractivity contribution < 1.29 is 9.32 Å². The van der Waals surface area contributed by atoms with E-state index < -0.39 is 0 Å². The summed E-state index contributed by atoms with van der Waals surface area (Å²) in [6, 6.07) is 9.54. The Morgan fingerprint density at radius 1 is 1.23 bits per heavy atom. The smallest absolute Gasteiger partial charge is 0.257 e. The highest BCUT2D eigenvalue weighted by Crippen LogP contribution is 2.26. The highest BCUT2D eigenvalue weighted by Gasteiger charge is 2.28. The number of piperidine rings is 1. The summed E-state index contributed by atoms with van der Waals surface area (Å²) in [5.74, 6) is 1.49. The van der Waals surface area contributed by atoms with Crippen molar-refractivity contribution in [1.82, 2.24) is 35.4 Å². The van der Waals surface area contributed by atoms with Gasteiger partial charge in [-0.3, -0.25) is 4.79 Å². The first-order valence-electron chi connectivity index (χ1n) is 9.82. The minimum absolute atomic E-state index is 0.0272. The van der Waals surface area contributed by atoms with Gasteiger partial charge >= 0.3 is 0 Å². The zero-order valence-electron chi connectivity index (χ0n) is 16.2. The second-order valence-electron chi connectivity index (χ2n) is 7.18. The van der Waals surface area contributed by atoms with Gasteiger partial charge in [0.05, 0.1) is 18.8 Å². The highest BCUT2D eigenvalue weighted by molar-refractivity contribution is 5.84. The van der Waals surface area contributed by atoms with Gasteiger partial charge in [-0.05, 0) is 25.0 Å². The van der Waals surface area contributed by atoms with E-state index in [2.05, 4.69) is 40.3 Å². The molecule has 1 atom stereocenters. The van der Waals surface area contributed by atoms with Crippen molar-refractivity contribution in [2.24, 2.45) is 5.92 Å². The van der Waals surface area contributed by atoms with Crippen LogP contribution in [-0.2, 0) is 11.3 Å². The number of imidazole rings is 1. The number of anilines is 1. The maximum Gasteiger partial charge on any atom is 0.257 e. The number of carbonyl (C=O) groups excluding carboxylic acids is 1. The summed E-state index contributed by atoms with van der Waals surface area (Å²) >= 11 is 0. The number of aromatic nitrogens is 6. The maximum atomic E-state index is 12.8. The number of H-pyrrole nitrogens is 1. The van der Waals surface area contributed by atoms with Crippen LogP contribution in [0.1, 0.15) is 18.7 Å². The van der Waals surface area contributed by atoms with Gasteiger partial charge in [0.1, 0.15) is 11.8 Å². The molecule has 1 aromatic carbocycles. The molecule has 0 unspecified atom stereocenters. The number of nitrogens with one attached hydrogen (secondary N) is 2. The molecule has 4 aromatic rings. The largest absolute Gasteiger partial charge is 0.354 e. The number of fused-ring (bicyclic) bond motifs is 1. The lowest BCUT2D eigenvalue weighted by Crippen LogP contribution is -2.43. The van der Waals surface area contributed by atoms with Crippen LogP contribution >= 0.6 is 0 Å². The lowest BCUT2D eigenvalue weighted by atomic mass is 9.97. The molecule has 5 rings (SSSR count). The average Bonchev–Trinajstić information content (AvgIpc) is 3.47. The van der Waals surface area contributed by atoms with Crippen molar-refractivity contribution in [2.75, 3.05) is 18.0 Å². The van der Waals surface area contributed by atoms with Gasteiger partial charge in [-0.1, -0.05) is 23.4 Å². The molecule has 3 aromatic heterocycles. The molecule has 1 amide bonds. The van der Waals surface area contributed by atoms with E-state index in [1.807, 2.05) is 30.3 Å². The Kier molecular flexibility index (Phi) is 4.80. The average molecular weight is 404 g/mol. The van der Waals surface area contributed by atoms with Gasteiger partial charge in [-0.2, -0.15) is 4.98 Å². The molecule has 2 N–H and O–H groups in total. The van der Waals surface area contributed by atoms with Crippen molar-refractivity contribution in [1.29, 1.82) is 0 Å². The summed E-state index contributed by atoms with van der Waals surface area (Å²) in [7, 11) is 0. The van der Waals surface area contributed by atoms with Crippen LogP contribution in [-0.4, -0.2) is 49.1 Å². The quantitative estimate of drug-likeness (QED) is 0.517. The molecule has 0 bridgehead atoms. The SMILES string of the molecule is O=C(NCc1noc(-c2ccccc2)n1)[C@H]1CCCN(c2ncnc3nc[nH]c23)C1. The molecular weight excluding hydrogens is 384 g/mol. The van der Waals surface area contributed by atoms with Crippen LogP contribution in [0.3, 0.4) is 0 Å². The van der Waals surface area contributed by atoms with Crippen LogP contribution in [0.15, 0.2) is 47.5 Å². The number of hydrogen-bond acceptors (Lipinski definition) is 8. The van der Waals surface area contributed by atoms with Gasteiger partial charge in [0.15, 0.2) is 17.3 Å². The Labute approximate surface area is 171 Å². The number of aromatic amines is 1. The molecule has 0 spiro atoms. The normalized spacial score (nSPS) is 16.7.